The predicted molar refractivity (Wildman–Crippen MR) is 94.6 cm³/mol. The van der Waals surface area contributed by atoms with Gasteiger partial charge in [0.1, 0.15) is 0 Å². The van der Waals surface area contributed by atoms with E-state index in [0.717, 1.165) is 0 Å². The number of nitrogens with one attached hydrogen (secondary N) is 2. The third-order valence-electron chi connectivity index (χ3n) is 3.68. The highest BCUT2D eigenvalue weighted by atomic mass is 35.5. The first-order valence-corrected chi connectivity index (χ1v) is 10.1. The van der Waals surface area contributed by atoms with Crippen LogP contribution in [0.25, 0.3) is 0 Å². The topological polar surface area (TPSA) is 119 Å². The summed E-state index contributed by atoms with van der Waals surface area (Å²) in [7, 11) is -3.09. The molecule has 1 aromatic rings. The maximum atomic E-state index is 11.8. The van der Waals surface area contributed by atoms with E-state index in [2.05, 4.69) is 10.6 Å². The van der Waals surface area contributed by atoms with Crippen LogP contribution in [-0.4, -0.2) is 56.9 Å². The number of sulfone groups is 1. The summed E-state index contributed by atoms with van der Waals surface area (Å²) in [5, 5.41) is 5.58. The van der Waals surface area contributed by atoms with E-state index >= 15 is 0 Å². The van der Waals surface area contributed by atoms with Crippen molar-refractivity contribution in [3.63, 3.8) is 0 Å². The molecule has 1 heterocycles. The number of halogens is 1. The number of ether oxygens (including phenoxy) is 1. The molecular weight excluding hydrogens is 384 g/mol. The Hall–Kier alpha value is -2.13. The second kappa shape index (κ2) is 9.00. The van der Waals surface area contributed by atoms with Crippen molar-refractivity contribution in [2.24, 2.45) is 0 Å². The number of hydrogen-bond acceptors (Lipinski definition) is 6. The van der Waals surface area contributed by atoms with Crippen LogP contribution in [0.1, 0.15) is 23.2 Å². The molecule has 2 amide bonds. The quantitative estimate of drug-likeness (QED) is 0.633. The highest BCUT2D eigenvalue weighted by molar-refractivity contribution is 7.91. The van der Waals surface area contributed by atoms with E-state index in [1.54, 1.807) is 24.3 Å². The van der Waals surface area contributed by atoms with Gasteiger partial charge in [-0.15, -0.1) is 0 Å². The first kappa shape index (κ1) is 20.2. The summed E-state index contributed by atoms with van der Waals surface area (Å²) in [5.41, 5.74) is 0.411. The molecule has 1 saturated heterocycles. The Morgan fingerprint density at radius 2 is 1.88 bits per heavy atom. The number of carbonyl (C=O) groups is 3. The number of esters is 1. The Morgan fingerprint density at radius 1 is 1.19 bits per heavy atom. The smallest absolute Gasteiger partial charge is 0.308 e. The van der Waals surface area contributed by atoms with Crippen LogP contribution in [0.4, 0.5) is 0 Å². The van der Waals surface area contributed by atoms with E-state index in [9.17, 15) is 22.8 Å². The van der Waals surface area contributed by atoms with Gasteiger partial charge >= 0.3 is 5.97 Å². The first-order valence-electron chi connectivity index (χ1n) is 7.94. The number of hydrogen-bond donors (Lipinski definition) is 2. The van der Waals surface area contributed by atoms with Gasteiger partial charge in [0.05, 0.1) is 17.9 Å². The van der Waals surface area contributed by atoms with Crippen LogP contribution in [0.15, 0.2) is 24.3 Å². The zero-order valence-electron chi connectivity index (χ0n) is 13.9. The minimum atomic E-state index is -3.09. The third kappa shape index (κ3) is 6.64. The van der Waals surface area contributed by atoms with Gasteiger partial charge in [0, 0.05) is 23.2 Å². The van der Waals surface area contributed by atoms with Crippen LogP contribution in [0.2, 0.25) is 5.02 Å². The summed E-state index contributed by atoms with van der Waals surface area (Å²) in [6, 6.07) is 5.84. The van der Waals surface area contributed by atoms with Crippen LogP contribution in [-0.2, 0) is 24.2 Å². The molecule has 26 heavy (non-hydrogen) atoms. The summed E-state index contributed by atoms with van der Waals surface area (Å²) in [5.74, 6) is -1.59. The molecule has 142 valence electrons. The van der Waals surface area contributed by atoms with Gasteiger partial charge in [-0.05, 0) is 30.7 Å². The number of carbonyl (C=O) groups excluding carboxylic acids is 3. The lowest BCUT2D eigenvalue weighted by Gasteiger charge is -2.11. The number of amides is 2. The van der Waals surface area contributed by atoms with Crippen LogP contribution in [0, 0.1) is 0 Å². The lowest BCUT2D eigenvalue weighted by atomic mass is 10.2. The molecule has 0 saturated carbocycles. The van der Waals surface area contributed by atoms with Crippen molar-refractivity contribution in [2.45, 2.75) is 18.9 Å². The van der Waals surface area contributed by atoms with Gasteiger partial charge in [0.25, 0.3) is 11.8 Å². The maximum Gasteiger partial charge on any atom is 0.308 e. The Balaban J connectivity index is 1.62. The van der Waals surface area contributed by atoms with E-state index in [1.807, 2.05) is 0 Å². The van der Waals surface area contributed by atoms with Crippen molar-refractivity contribution in [3.05, 3.63) is 34.9 Å². The van der Waals surface area contributed by atoms with Crippen molar-refractivity contribution in [1.82, 2.24) is 10.6 Å². The van der Waals surface area contributed by atoms with E-state index in [0.29, 0.717) is 17.0 Å². The molecule has 8 nitrogen and oxygen atoms in total. The normalized spacial score (nSPS) is 18.1. The molecule has 1 aliphatic rings. The fourth-order valence-corrected chi connectivity index (χ4v) is 4.18. The zero-order valence-corrected chi connectivity index (χ0v) is 15.4. The fourth-order valence-electron chi connectivity index (χ4n) is 2.38. The SMILES string of the molecule is O=C(COC(=O)CCNC(=O)c1ccc(Cl)cc1)N[C@@H]1CCS(=O)(=O)C1. The molecule has 1 aromatic carbocycles. The van der Waals surface area contributed by atoms with Gasteiger partial charge in [0.15, 0.2) is 16.4 Å². The van der Waals surface area contributed by atoms with Crippen molar-refractivity contribution in [2.75, 3.05) is 24.7 Å². The lowest BCUT2D eigenvalue weighted by Crippen LogP contribution is -2.38. The van der Waals surface area contributed by atoms with Crippen molar-refractivity contribution < 1.29 is 27.5 Å². The van der Waals surface area contributed by atoms with Gasteiger partial charge in [-0.2, -0.15) is 0 Å². The van der Waals surface area contributed by atoms with Gasteiger partial charge < -0.3 is 15.4 Å². The lowest BCUT2D eigenvalue weighted by molar-refractivity contribution is -0.148. The summed E-state index contributed by atoms with van der Waals surface area (Å²) < 4.78 is 27.4. The molecule has 0 radical (unpaired) electrons. The molecule has 0 unspecified atom stereocenters. The summed E-state index contributed by atoms with van der Waals surface area (Å²) in [4.78, 5) is 35.1. The van der Waals surface area contributed by atoms with Gasteiger partial charge in [-0.25, -0.2) is 8.42 Å². The molecule has 2 N–H and O–H groups in total. The predicted octanol–water partition coefficient (Wildman–Crippen LogP) is 0.306. The van der Waals surface area contributed by atoms with E-state index in [4.69, 9.17) is 16.3 Å². The summed E-state index contributed by atoms with van der Waals surface area (Å²) >= 11 is 5.73. The second-order valence-electron chi connectivity index (χ2n) is 5.84. The highest BCUT2D eigenvalue weighted by Gasteiger charge is 2.29. The molecule has 0 aliphatic carbocycles. The Morgan fingerprint density at radius 3 is 2.50 bits per heavy atom. The first-order chi connectivity index (χ1) is 12.2. The molecule has 0 aromatic heterocycles. The molecule has 0 spiro atoms. The third-order valence-corrected chi connectivity index (χ3v) is 5.70. The van der Waals surface area contributed by atoms with Crippen molar-refractivity contribution >= 4 is 39.2 Å². The van der Waals surface area contributed by atoms with Crippen LogP contribution >= 0.6 is 11.6 Å². The molecule has 1 aliphatic heterocycles. The molecule has 10 heteroatoms. The standard InChI is InChI=1S/C16H19ClN2O6S/c17-12-3-1-11(2-4-12)16(22)18-7-5-15(21)25-9-14(20)19-13-6-8-26(23,24)10-13/h1-4,13H,5-10H2,(H,18,22)(H,19,20)/t13-/m1/s1. The van der Waals surface area contributed by atoms with E-state index in [1.165, 1.54) is 0 Å². The number of rotatable bonds is 7. The fraction of sp³-hybridized carbons (Fsp3) is 0.438. The largest absolute Gasteiger partial charge is 0.456 e. The maximum absolute atomic E-state index is 11.8. The zero-order chi connectivity index (χ0) is 19.2. The van der Waals surface area contributed by atoms with Crippen LogP contribution < -0.4 is 10.6 Å². The van der Waals surface area contributed by atoms with Crippen LogP contribution in [0.5, 0.6) is 0 Å². The Bertz CT molecular complexity index is 778. The minimum absolute atomic E-state index is 0.0467. The van der Waals surface area contributed by atoms with Crippen molar-refractivity contribution in [3.8, 4) is 0 Å². The van der Waals surface area contributed by atoms with Gasteiger partial charge in [-0.3, -0.25) is 14.4 Å². The average molecular weight is 403 g/mol. The molecule has 1 atom stereocenters. The second-order valence-corrected chi connectivity index (χ2v) is 8.51. The minimum Gasteiger partial charge on any atom is -0.456 e. The number of benzene rings is 1. The highest BCUT2D eigenvalue weighted by Crippen LogP contribution is 2.11. The molecule has 0 bridgehead atoms. The van der Waals surface area contributed by atoms with E-state index < -0.39 is 34.4 Å². The molecular formula is C16H19ClN2O6S. The van der Waals surface area contributed by atoms with Gasteiger partial charge in [0.2, 0.25) is 0 Å². The summed E-state index contributed by atoms with van der Waals surface area (Å²) in [6.07, 6.45) is 0.267. The van der Waals surface area contributed by atoms with Crippen molar-refractivity contribution in [1.29, 1.82) is 0 Å². The Kier molecular flexibility index (Phi) is 6.98. The monoisotopic (exact) mass is 402 g/mol. The molecule has 1 fully saturated rings. The molecule has 2 rings (SSSR count). The van der Waals surface area contributed by atoms with E-state index in [-0.39, 0.29) is 30.4 Å². The Labute approximate surface area is 156 Å². The summed E-state index contributed by atoms with van der Waals surface area (Å²) in [6.45, 7) is -0.427. The average Bonchev–Trinajstić information content (AvgIpc) is 2.92. The van der Waals surface area contributed by atoms with Gasteiger partial charge in [-0.1, -0.05) is 11.6 Å². The van der Waals surface area contributed by atoms with Crippen LogP contribution in [0.3, 0.4) is 0 Å².